The molecule has 1 aliphatic rings. The fourth-order valence-electron chi connectivity index (χ4n) is 2.24. The predicted molar refractivity (Wildman–Crippen MR) is 73.6 cm³/mol. The van der Waals surface area contributed by atoms with Crippen LogP contribution in [-0.2, 0) is 12.8 Å². The Kier molecular flexibility index (Phi) is 4.44. The van der Waals surface area contributed by atoms with E-state index in [0.717, 1.165) is 43.4 Å². The van der Waals surface area contributed by atoms with Gasteiger partial charge < -0.3 is 9.73 Å². The van der Waals surface area contributed by atoms with Crippen molar-refractivity contribution in [1.82, 2.24) is 10.3 Å². The number of hydrogen-bond donors (Lipinski definition) is 1. The van der Waals surface area contributed by atoms with Crippen molar-refractivity contribution in [2.75, 3.05) is 6.54 Å². The number of nitrogens with one attached hydrogen (secondary N) is 1. The molecule has 1 fully saturated rings. The van der Waals surface area contributed by atoms with E-state index in [-0.39, 0.29) is 5.54 Å². The molecule has 0 aliphatic heterocycles. The summed E-state index contributed by atoms with van der Waals surface area (Å²) in [7, 11) is 0. The predicted octanol–water partition coefficient (Wildman–Crippen LogP) is 3.34. The van der Waals surface area contributed by atoms with E-state index in [1.165, 1.54) is 19.3 Å². The molecule has 0 radical (unpaired) electrons. The topological polar surface area (TPSA) is 38.1 Å². The SMILES string of the molecule is CC(C)(C)NCCCc1ncc(CC2CCC2)o1. The Balaban J connectivity index is 1.66. The monoisotopic (exact) mass is 250 g/mol. The van der Waals surface area contributed by atoms with Crippen molar-refractivity contribution in [2.45, 2.75) is 64.8 Å². The number of aryl methyl sites for hydroxylation is 1. The van der Waals surface area contributed by atoms with Gasteiger partial charge in [-0.25, -0.2) is 4.98 Å². The first-order valence-electron chi connectivity index (χ1n) is 7.21. The molecule has 3 heteroatoms. The fourth-order valence-corrected chi connectivity index (χ4v) is 2.24. The number of rotatable bonds is 6. The highest BCUT2D eigenvalue weighted by atomic mass is 16.4. The number of hydrogen-bond acceptors (Lipinski definition) is 3. The van der Waals surface area contributed by atoms with Crippen molar-refractivity contribution in [3.05, 3.63) is 17.8 Å². The van der Waals surface area contributed by atoms with Crippen molar-refractivity contribution in [2.24, 2.45) is 5.92 Å². The highest BCUT2D eigenvalue weighted by Gasteiger charge is 2.19. The standard InChI is InChI=1S/C15H26N2O/c1-15(2,3)17-9-5-8-14-16-11-13(18-14)10-12-6-4-7-12/h11-12,17H,4-10H2,1-3H3. The van der Waals surface area contributed by atoms with Gasteiger partial charge in [-0.2, -0.15) is 0 Å². The minimum atomic E-state index is 0.200. The van der Waals surface area contributed by atoms with Crippen LogP contribution in [0.25, 0.3) is 0 Å². The summed E-state index contributed by atoms with van der Waals surface area (Å²) in [5.74, 6) is 2.84. The van der Waals surface area contributed by atoms with Crippen molar-refractivity contribution in [3.63, 3.8) is 0 Å². The second-order valence-corrected chi connectivity index (χ2v) is 6.50. The van der Waals surface area contributed by atoms with Crippen LogP contribution >= 0.6 is 0 Å². The molecular formula is C15H26N2O. The van der Waals surface area contributed by atoms with Crippen LogP contribution < -0.4 is 5.32 Å². The van der Waals surface area contributed by atoms with Crippen LogP contribution in [0.2, 0.25) is 0 Å². The summed E-state index contributed by atoms with van der Waals surface area (Å²) in [6, 6.07) is 0. The van der Waals surface area contributed by atoms with Crippen molar-refractivity contribution in [3.8, 4) is 0 Å². The molecular weight excluding hydrogens is 224 g/mol. The van der Waals surface area contributed by atoms with E-state index in [4.69, 9.17) is 4.42 Å². The largest absolute Gasteiger partial charge is 0.446 e. The number of oxazole rings is 1. The van der Waals surface area contributed by atoms with Gasteiger partial charge in [0.25, 0.3) is 0 Å². The highest BCUT2D eigenvalue weighted by Crippen LogP contribution is 2.29. The van der Waals surface area contributed by atoms with Crippen LogP contribution in [0.1, 0.15) is 58.1 Å². The smallest absolute Gasteiger partial charge is 0.194 e. The van der Waals surface area contributed by atoms with Gasteiger partial charge in [-0.05, 0) is 39.7 Å². The summed E-state index contributed by atoms with van der Waals surface area (Å²) in [6.07, 6.45) is 9.16. The highest BCUT2D eigenvalue weighted by molar-refractivity contribution is 4.97. The third-order valence-corrected chi connectivity index (χ3v) is 3.54. The Bertz CT molecular complexity index is 361. The van der Waals surface area contributed by atoms with E-state index in [1.54, 1.807) is 0 Å². The lowest BCUT2D eigenvalue weighted by Crippen LogP contribution is -2.36. The first kappa shape index (κ1) is 13.6. The van der Waals surface area contributed by atoms with Gasteiger partial charge in [0, 0.05) is 18.4 Å². The summed E-state index contributed by atoms with van der Waals surface area (Å²) >= 11 is 0. The van der Waals surface area contributed by atoms with E-state index in [0.29, 0.717) is 0 Å². The fraction of sp³-hybridized carbons (Fsp3) is 0.800. The zero-order valence-electron chi connectivity index (χ0n) is 12.0. The minimum Gasteiger partial charge on any atom is -0.446 e. The Labute approximate surface area is 110 Å². The molecule has 3 nitrogen and oxygen atoms in total. The van der Waals surface area contributed by atoms with Crippen LogP contribution in [0, 0.1) is 5.92 Å². The molecule has 0 unspecified atom stereocenters. The maximum atomic E-state index is 5.78. The molecule has 1 N–H and O–H groups in total. The first-order chi connectivity index (χ1) is 8.53. The Morgan fingerprint density at radius 1 is 1.39 bits per heavy atom. The molecule has 1 aromatic rings. The van der Waals surface area contributed by atoms with Gasteiger partial charge in [-0.15, -0.1) is 0 Å². The quantitative estimate of drug-likeness (QED) is 0.787. The Morgan fingerprint density at radius 2 is 2.17 bits per heavy atom. The van der Waals surface area contributed by atoms with E-state index in [1.807, 2.05) is 6.20 Å². The molecule has 2 rings (SSSR count). The molecule has 0 saturated heterocycles. The van der Waals surface area contributed by atoms with E-state index >= 15 is 0 Å². The van der Waals surface area contributed by atoms with Crippen molar-refractivity contribution >= 4 is 0 Å². The molecule has 18 heavy (non-hydrogen) atoms. The van der Waals surface area contributed by atoms with Crippen LogP contribution in [0.15, 0.2) is 10.6 Å². The lowest BCUT2D eigenvalue weighted by molar-refractivity contribution is 0.290. The average molecular weight is 250 g/mol. The van der Waals surface area contributed by atoms with Gasteiger partial charge in [0.1, 0.15) is 5.76 Å². The molecule has 0 spiro atoms. The van der Waals surface area contributed by atoms with Crippen molar-refractivity contribution in [1.29, 1.82) is 0 Å². The lowest BCUT2D eigenvalue weighted by atomic mass is 9.82. The normalized spacial score (nSPS) is 16.8. The summed E-state index contributed by atoms with van der Waals surface area (Å²) < 4.78 is 5.78. The summed E-state index contributed by atoms with van der Waals surface area (Å²) in [4.78, 5) is 4.37. The molecule has 0 aromatic carbocycles. The van der Waals surface area contributed by atoms with Gasteiger partial charge in [-0.1, -0.05) is 19.3 Å². The first-order valence-corrected chi connectivity index (χ1v) is 7.21. The molecule has 1 heterocycles. The van der Waals surface area contributed by atoms with Crippen LogP contribution in [0.4, 0.5) is 0 Å². The Hall–Kier alpha value is -0.830. The molecule has 1 saturated carbocycles. The van der Waals surface area contributed by atoms with Gasteiger partial charge in [-0.3, -0.25) is 0 Å². The summed E-state index contributed by atoms with van der Waals surface area (Å²) in [5.41, 5.74) is 0.200. The Morgan fingerprint density at radius 3 is 2.78 bits per heavy atom. The minimum absolute atomic E-state index is 0.200. The molecule has 0 atom stereocenters. The number of nitrogens with zero attached hydrogens (tertiary/aromatic N) is 1. The molecule has 1 aromatic heterocycles. The van der Waals surface area contributed by atoms with Crippen molar-refractivity contribution < 1.29 is 4.42 Å². The maximum Gasteiger partial charge on any atom is 0.194 e. The molecule has 0 amide bonds. The van der Waals surface area contributed by atoms with E-state index in [2.05, 4.69) is 31.1 Å². The van der Waals surface area contributed by atoms with Crippen LogP contribution in [0.5, 0.6) is 0 Å². The third kappa shape index (κ3) is 4.45. The second kappa shape index (κ2) is 5.87. The summed E-state index contributed by atoms with van der Waals surface area (Å²) in [5, 5.41) is 3.48. The lowest BCUT2D eigenvalue weighted by Gasteiger charge is -2.23. The van der Waals surface area contributed by atoms with Gasteiger partial charge in [0.05, 0.1) is 6.20 Å². The van der Waals surface area contributed by atoms with E-state index in [9.17, 15) is 0 Å². The molecule has 102 valence electrons. The maximum absolute atomic E-state index is 5.78. The van der Waals surface area contributed by atoms with Crippen LogP contribution in [0.3, 0.4) is 0 Å². The van der Waals surface area contributed by atoms with Gasteiger partial charge in [0.15, 0.2) is 5.89 Å². The zero-order valence-corrected chi connectivity index (χ0v) is 12.0. The molecule has 1 aliphatic carbocycles. The second-order valence-electron chi connectivity index (χ2n) is 6.50. The third-order valence-electron chi connectivity index (χ3n) is 3.54. The van der Waals surface area contributed by atoms with Gasteiger partial charge in [0.2, 0.25) is 0 Å². The molecule has 0 bridgehead atoms. The number of aromatic nitrogens is 1. The average Bonchev–Trinajstić information content (AvgIpc) is 2.65. The zero-order chi connectivity index (χ0) is 13.0. The van der Waals surface area contributed by atoms with Gasteiger partial charge >= 0.3 is 0 Å². The van der Waals surface area contributed by atoms with E-state index < -0.39 is 0 Å². The summed E-state index contributed by atoms with van der Waals surface area (Å²) in [6.45, 7) is 7.59. The van der Waals surface area contributed by atoms with Crippen LogP contribution in [-0.4, -0.2) is 17.1 Å².